The Hall–Kier alpha value is -1.66. The Kier molecular flexibility index (Phi) is 10.8. The second-order valence-electron chi connectivity index (χ2n) is 12.2. The molecule has 1 aromatic rings. The summed E-state index contributed by atoms with van der Waals surface area (Å²) < 4.78 is 33.7. The molecule has 0 amide bonds. The second kappa shape index (κ2) is 13.1. The van der Waals surface area contributed by atoms with Crippen LogP contribution < -0.4 is 0 Å². The number of fused-ring (bicyclic) bond motifs is 1. The fourth-order valence-electron chi connectivity index (χ4n) is 5.82. The van der Waals surface area contributed by atoms with Gasteiger partial charge in [0, 0.05) is 29.8 Å². The summed E-state index contributed by atoms with van der Waals surface area (Å²) in [5, 5.41) is 24.7. The van der Waals surface area contributed by atoms with E-state index in [1.54, 1.807) is 25.1 Å². The van der Waals surface area contributed by atoms with Crippen molar-refractivity contribution in [3.63, 3.8) is 0 Å². The van der Waals surface area contributed by atoms with Crippen LogP contribution in [0, 0.1) is 24.2 Å². The van der Waals surface area contributed by atoms with Crippen LogP contribution >= 0.6 is 11.3 Å². The number of cyclic esters (lactones) is 1. The first kappa shape index (κ1) is 32.8. The van der Waals surface area contributed by atoms with Gasteiger partial charge in [-0.3, -0.25) is 9.59 Å². The maximum absolute atomic E-state index is 13.3. The van der Waals surface area contributed by atoms with Gasteiger partial charge < -0.3 is 14.9 Å². The first-order chi connectivity index (χ1) is 18.6. The number of thiazole rings is 1. The first-order valence-corrected chi connectivity index (χ1v) is 16.8. The van der Waals surface area contributed by atoms with Crippen LogP contribution in [0.25, 0.3) is 6.08 Å². The zero-order chi connectivity index (χ0) is 30.0. The molecule has 2 N–H and O–H groups in total. The molecule has 40 heavy (non-hydrogen) atoms. The van der Waals surface area contributed by atoms with Crippen LogP contribution in [0.4, 0.5) is 0 Å². The van der Waals surface area contributed by atoms with Crippen molar-refractivity contribution < 1.29 is 33.0 Å². The van der Waals surface area contributed by atoms with Crippen LogP contribution in [0.3, 0.4) is 0 Å². The molecule has 2 aliphatic heterocycles. The summed E-state index contributed by atoms with van der Waals surface area (Å²) in [7, 11) is -3.47. The van der Waals surface area contributed by atoms with Gasteiger partial charge in [0.15, 0.2) is 0 Å². The fraction of sp³-hybridized carbons (Fsp3) is 0.759. The lowest BCUT2D eigenvalue weighted by atomic mass is 9.73. The number of nitrogens with zero attached hydrogens (tertiary/aromatic N) is 2. The van der Waals surface area contributed by atoms with E-state index in [-0.39, 0.29) is 29.5 Å². The van der Waals surface area contributed by atoms with Gasteiger partial charge >= 0.3 is 5.97 Å². The van der Waals surface area contributed by atoms with Gasteiger partial charge in [0.05, 0.1) is 40.5 Å². The van der Waals surface area contributed by atoms with Crippen LogP contribution in [-0.4, -0.2) is 75.8 Å². The van der Waals surface area contributed by atoms with E-state index in [9.17, 15) is 28.2 Å². The van der Waals surface area contributed by atoms with Crippen molar-refractivity contribution in [1.29, 1.82) is 0 Å². The van der Waals surface area contributed by atoms with E-state index in [1.807, 2.05) is 39.2 Å². The molecule has 3 rings (SSSR count). The molecule has 0 aliphatic carbocycles. The number of rotatable bonds is 5. The zero-order valence-corrected chi connectivity index (χ0v) is 26.4. The highest BCUT2D eigenvalue weighted by Crippen LogP contribution is 2.42. The number of ketones is 1. The third-order valence-corrected chi connectivity index (χ3v) is 11.4. The summed E-state index contributed by atoms with van der Waals surface area (Å²) in [5.74, 6) is -1.87. The molecule has 2 saturated heterocycles. The normalized spacial score (nSPS) is 34.7. The van der Waals surface area contributed by atoms with Gasteiger partial charge in [-0.2, -0.15) is 4.31 Å². The maximum atomic E-state index is 13.3. The molecule has 1 unspecified atom stereocenters. The van der Waals surface area contributed by atoms with Gasteiger partial charge in [-0.25, -0.2) is 13.4 Å². The van der Waals surface area contributed by atoms with Crippen molar-refractivity contribution in [1.82, 2.24) is 9.29 Å². The maximum Gasteiger partial charge on any atom is 0.309 e. The van der Waals surface area contributed by atoms with Gasteiger partial charge in [0.1, 0.15) is 11.9 Å². The van der Waals surface area contributed by atoms with E-state index >= 15 is 0 Å². The van der Waals surface area contributed by atoms with E-state index < -0.39 is 52.1 Å². The van der Waals surface area contributed by atoms with Crippen molar-refractivity contribution in [3.05, 3.63) is 21.7 Å². The smallest absolute Gasteiger partial charge is 0.309 e. The minimum absolute atomic E-state index is 0.0490. The highest BCUT2D eigenvalue weighted by Gasteiger charge is 2.55. The number of hydrogen-bond donors (Lipinski definition) is 2. The monoisotopic (exact) mass is 598 g/mol. The van der Waals surface area contributed by atoms with Crippen molar-refractivity contribution in [3.8, 4) is 0 Å². The Morgan fingerprint density at radius 1 is 1.23 bits per heavy atom. The molecule has 2 aliphatic rings. The molecular weight excluding hydrogens is 552 g/mol. The average Bonchev–Trinajstić information content (AvgIpc) is 3.41. The zero-order valence-electron chi connectivity index (χ0n) is 24.8. The molecule has 0 aromatic carbocycles. The third kappa shape index (κ3) is 7.59. The quantitative estimate of drug-likeness (QED) is 0.382. The van der Waals surface area contributed by atoms with Crippen LogP contribution in [0.15, 0.2) is 11.0 Å². The number of ether oxygens (including phenoxy) is 1. The van der Waals surface area contributed by atoms with Crippen LogP contribution in [-0.2, 0) is 24.3 Å². The molecule has 9 nitrogen and oxygen atoms in total. The van der Waals surface area contributed by atoms with Crippen LogP contribution in [0.1, 0.15) is 90.8 Å². The molecule has 0 saturated carbocycles. The minimum atomic E-state index is -3.47. The summed E-state index contributed by atoms with van der Waals surface area (Å²) in [6, 6.07) is -0.530. The highest BCUT2D eigenvalue weighted by molar-refractivity contribution is 7.89. The molecule has 11 heteroatoms. The number of aromatic nitrogens is 1. The molecular formula is C29H46N2O7S2. The second-order valence-corrected chi connectivity index (χ2v) is 15.2. The molecule has 0 spiro atoms. The lowest BCUT2D eigenvalue weighted by Crippen LogP contribution is -2.45. The Balaban J connectivity index is 1.96. The summed E-state index contributed by atoms with van der Waals surface area (Å²) in [6.45, 7) is 12.3. The van der Waals surface area contributed by atoms with E-state index in [0.717, 1.165) is 16.3 Å². The van der Waals surface area contributed by atoms with E-state index in [0.29, 0.717) is 32.1 Å². The standard InChI is InChI=1S/C29H46N2O7S2/c1-8-12-40(36,37)31-22-11-9-10-17(2)27(34)19(4)28(35)29(6,7)25(32)15-26(33)38-24(14-23(22)31)18(3)13-21-16-39-20(5)30-21/h13,16-17,19,22-25,27,32,34H,8-12,14-15H2,1-7H3/b18-13+/t17-,19+,22+,23-,24-,25-,27-,31?/m0/s1. The topological polar surface area (TPSA) is 134 Å². The Morgan fingerprint density at radius 2 is 1.90 bits per heavy atom. The van der Waals surface area contributed by atoms with Gasteiger partial charge in [-0.05, 0) is 50.7 Å². The summed E-state index contributed by atoms with van der Waals surface area (Å²) in [6.07, 6.45) is 1.22. The Bertz CT molecular complexity index is 1190. The van der Waals surface area contributed by atoms with Crippen molar-refractivity contribution in [2.45, 2.75) is 117 Å². The van der Waals surface area contributed by atoms with Gasteiger partial charge in [0.2, 0.25) is 10.0 Å². The number of esters is 1. The number of sulfonamides is 1. The van der Waals surface area contributed by atoms with Crippen LogP contribution in [0.2, 0.25) is 0 Å². The number of carbonyl (C=O) groups is 2. The van der Waals surface area contributed by atoms with Crippen molar-refractivity contribution >= 4 is 39.2 Å². The molecule has 0 radical (unpaired) electrons. The fourth-order valence-corrected chi connectivity index (χ4v) is 8.36. The van der Waals surface area contributed by atoms with E-state index in [4.69, 9.17) is 4.74 Å². The largest absolute Gasteiger partial charge is 0.458 e. The average molecular weight is 599 g/mol. The SMILES string of the molecule is CCCS(=O)(=O)N1[C@@H]2CCC[C@H](C)[C@H](O)[C@@H](C)C(=O)C(C)(C)[C@@H](O)CC(=O)O[C@H](/C(C)=C/c3csc(C)n3)C[C@@H]21. The number of carbonyl (C=O) groups excluding carboxylic acids is 2. The first-order valence-electron chi connectivity index (χ1n) is 14.3. The molecule has 0 bridgehead atoms. The molecule has 1 aromatic heterocycles. The Morgan fingerprint density at radius 3 is 2.50 bits per heavy atom. The molecule has 2 fully saturated rings. The predicted molar refractivity (Wildman–Crippen MR) is 156 cm³/mol. The third-order valence-electron chi connectivity index (χ3n) is 8.54. The van der Waals surface area contributed by atoms with E-state index in [2.05, 4.69) is 4.98 Å². The number of aliphatic hydroxyl groups is 2. The van der Waals surface area contributed by atoms with Gasteiger partial charge in [0.25, 0.3) is 0 Å². The number of aliphatic hydroxyl groups excluding tert-OH is 2. The van der Waals surface area contributed by atoms with Gasteiger partial charge in [-0.1, -0.05) is 41.0 Å². The molecule has 226 valence electrons. The molecule has 8 atom stereocenters. The Labute approximate surface area is 243 Å². The van der Waals surface area contributed by atoms with Crippen LogP contribution in [0.5, 0.6) is 0 Å². The van der Waals surface area contributed by atoms with Crippen molar-refractivity contribution in [2.75, 3.05) is 5.75 Å². The van der Waals surface area contributed by atoms with Crippen molar-refractivity contribution in [2.24, 2.45) is 17.3 Å². The minimum Gasteiger partial charge on any atom is -0.458 e. The highest BCUT2D eigenvalue weighted by atomic mass is 32.2. The van der Waals surface area contributed by atoms with E-state index in [1.165, 1.54) is 11.3 Å². The lowest BCUT2D eigenvalue weighted by Gasteiger charge is -2.34. The number of hydrogen-bond acceptors (Lipinski definition) is 9. The predicted octanol–water partition coefficient (Wildman–Crippen LogP) is 4.11. The number of aryl methyl sites for hydroxylation is 1. The molecule has 3 heterocycles. The lowest BCUT2D eigenvalue weighted by molar-refractivity contribution is -0.154. The number of Topliss-reactive ketones (excluding diaryl/α,β-unsaturated/α-hetero) is 1. The van der Waals surface area contributed by atoms with Gasteiger partial charge in [-0.15, -0.1) is 11.3 Å². The summed E-state index contributed by atoms with van der Waals surface area (Å²) in [4.78, 5) is 30.9. The summed E-state index contributed by atoms with van der Waals surface area (Å²) in [5.41, 5.74) is 0.189. The summed E-state index contributed by atoms with van der Waals surface area (Å²) >= 11 is 1.51.